The molecule has 1 heterocycles. The van der Waals surface area contributed by atoms with E-state index < -0.39 is 0 Å². The average molecular weight is 197 g/mol. The van der Waals surface area contributed by atoms with E-state index in [0.29, 0.717) is 6.54 Å². The third-order valence-corrected chi connectivity index (χ3v) is 1.92. The largest absolute Gasteiger partial charge is 0.351 e. The maximum Gasteiger partial charge on any atom is 0.290 e. The van der Waals surface area contributed by atoms with Crippen molar-refractivity contribution in [3.05, 3.63) is 18.0 Å². The Balaban J connectivity index is 2.47. The number of nitrogens with two attached hydrogens (primary N) is 1. The Morgan fingerprint density at radius 1 is 1.79 bits per heavy atom. The molecule has 1 aromatic rings. The van der Waals surface area contributed by atoms with Crippen LogP contribution in [0.3, 0.4) is 0 Å². The monoisotopic (exact) mass is 197 g/mol. The summed E-state index contributed by atoms with van der Waals surface area (Å²) >= 11 is 0. The minimum Gasteiger partial charge on any atom is -0.351 e. The maximum atomic E-state index is 11.4. The fraction of sp³-hybridized carbons (Fsp3) is 0.556. The van der Waals surface area contributed by atoms with E-state index in [4.69, 9.17) is 10.3 Å². The molecule has 0 spiro atoms. The molecule has 0 aliphatic rings. The van der Waals surface area contributed by atoms with Crippen LogP contribution in [0.1, 0.15) is 30.3 Å². The summed E-state index contributed by atoms with van der Waals surface area (Å²) in [5, 5.41) is 6.23. The van der Waals surface area contributed by atoms with Crippen LogP contribution in [-0.4, -0.2) is 23.7 Å². The number of carbonyl (C=O) groups is 1. The Hall–Kier alpha value is -1.36. The molecule has 78 valence electrons. The van der Waals surface area contributed by atoms with Crippen LogP contribution < -0.4 is 11.1 Å². The third kappa shape index (κ3) is 2.85. The molecule has 1 amide bonds. The highest BCUT2D eigenvalue weighted by molar-refractivity contribution is 5.91. The summed E-state index contributed by atoms with van der Waals surface area (Å²) in [5.74, 6) is -0.0362. The molecule has 0 aliphatic heterocycles. The second-order valence-electron chi connectivity index (χ2n) is 3.07. The number of amides is 1. The molecule has 1 rings (SSSR count). The van der Waals surface area contributed by atoms with Crippen LogP contribution in [0.15, 0.2) is 16.8 Å². The molecule has 1 aromatic heterocycles. The van der Waals surface area contributed by atoms with Gasteiger partial charge in [0.1, 0.15) is 0 Å². The van der Waals surface area contributed by atoms with Gasteiger partial charge in [-0.05, 0) is 6.42 Å². The van der Waals surface area contributed by atoms with Gasteiger partial charge in [-0.2, -0.15) is 0 Å². The first-order valence-electron chi connectivity index (χ1n) is 4.69. The summed E-state index contributed by atoms with van der Waals surface area (Å²) in [5.41, 5.74) is 5.50. The van der Waals surface area contributed by atoms with E-state index in [0.717, 1.165) is 12.8 Å². The zero-order chi connectivity index (χ0) is 10.4. The van der Waals surface area contributed by atoms with Crippen molar-refractivity contribution in [1.82, 2.24) is 10.5 Å². The Morgan fingerprint density at radius 2 is 2.57 bits per heavy atom. The molecule has 0 radical (unpaired) electrons. The summed E-state index contributed by atoms with van der Waals surface area (Å²) in [6, 6.07) is 1.53. The van der Waals surface area contributed by atoms with Gasteiger partial charge in [-0.25, -0.2) is 0 Å². The molecule has 0 saturated carbocycles. The lowest BCUT2D eigenvalue weighted by atomic mass is 10.1. The highest BCUT2D eigenvalue weighted by Crippen LogP contribution is 1.99. The number of hydrogen-bond donors (Lipinski definition) is 2. The first kappa shape index (κ1) is 10.7. The molecule has 3 N–H and O–H groups in total. The van der Waals surface area contributed by atoms with Gasteiger partial charge in [0.2, 0.25) is 5.76 Å². The molecule has 0 fully saturated rings. The maximum absolute atomic E-state index is 11.4. The Labute approximate surface area is 82.6 Å². The number of hydrogen-bond acceptors (Lipinski definition) is 4. The third-order valence-electron chi connectivity index (χ3n) is 1.92. The average Bonchev–Trinajstić information content (AvgIpc) is 2.69. The molecule has 1 unspecified atom stereocenters. The van der Waals surface area contributed by atoms with E-state index in [2.05, 4.69) is 10.5 Å². The Morgan fingerprint density at radius 3 is 3.07 bits per heavy atom. The van der Waals surface area contributed by atoms with Crippen LogP contribution in [0.4, 0.5) is 0 Å². The minimum atomic E-state index is -0.258. The van der Waals surface area contributed by atoms with E-state index in [1.165, 1.54) is 12.3 Å². The van der Waals surface area contributed by atoms with Gasteiger partial charge in [0.15, 0.2) is 0 Å². The molecule has 1 atom stereocenters. The molecule has 14 heavy (non-hydrogen) atoms. The van der Waals surface area contributed by atoms with Crippen molar-refractivity contribution in [1.29, 1.82) is 0 Å². The minimum absolute atomic E-state index is 0.0117. The van der Waals surface area contributed by atoms with Crippen LogP contribution in [0, 0.1) is 0 Å². The van der Waals surface area contributed by atoms with Crippen LogP contribution >= 0.6 is 0 Å². The molecular formula is C9H15N3O2. The molecule has 0 bridgehead atoms. The summed E-state index contributed by atoms with van der Waals surface area (Å²) in [7, 11) is 0. The SMILES string of the molecule is CCCC(CN)NC(=O)c1ccno1. The number of carbonyl (C=O) groups excluding carboxylic acids is 1. The van der Waals surface area contributed by atoms with Gasteiger partial charge in [0, 0.05) is 18.7 Å². The summed E-state index contributed by atoms with van der Waals surface area (Å²) in [4.78, 5) is 11.4. The highest BCUT2D eigenvalue weighted by Gasteiger charge is 2.13. The van der Waals surface area contributed by atoms with Gasteiger partial charge in [-0.15, -0.1) is 0 Å². The zero-order valence-electron chi connectivity index (χ0n) is 8.19. The van der Waals surface area contributed by atoms with E-state index in [-0.39, 0.29) is 17.7 Å². The van der Waals surface area contributed by atoms with Gasteiger partial charge in [0.25, 0.3) is 5.91 Å². The normalized spacial score (nSPS) is 12.4. The van der Waals surface area contributed by atoms with E-state index in [1.54, 1.807) is 0 Å². The zero-order valence-corrected chi connectivity index (χ0v) is 8.19. The second kappa shape index (κ2) is 5.39. The van der Waals surface area contributed by atoms with Crippen molar-refractivity contribution in [2.75, 3.05) is 6.54 Å². The van der Waals surface area contributed by atoms with E-state index in [1.807, 2.05) is 6.92 Å². The van der Waals surface area contributed by atoms with Crippen molar-refractivity contribution < 1.29 is 9.32 Å². The Bertz CT molecular complexity index is 272. The van der Waals surface area contributed by atoms with Crippen molar-refractivity contribution >= 4 is 5.91 Å². The number of nitrogens with zero attached hydrogens (tertiary/aromatic N) is 1. The molecule has 0 aliphatic carbocycles. The lowest BCUT2D eigenvalue weighted by Crippen LogP contribution is -2.39. The molecule has 0 saturated heterocycles. The lowest BCUT2D eigenvalue weighted by molar-refractivity contribution is 0.0899. The van der Waals surface area contributed by atoms with Gasteiger partial charge in [-0.1, -0.05) is 18.5 Å². The van der Waals surface area contributed by atoms with Crippen LogP contribution in [0.5, 0.6) is 0 Å². The molecule has 5 heteroatoms. The number of aromatic nitrogens is 1. The van der Waals surface area contributed by atoms with Crippen molar-refractivity contribution in [3.63, 3.8) is 0 Å². The summed E-state index contributed by atoms with van der Waals surface area (Å²) < 4.78 is 4.72. The first-order chi connectivity index (χ1) is 6.77. The van der Waals surface area contributed by atoms with Gasteiger partial charge < -0.3 is 15.6 Å². The predicted molar refractivity (Wildman–Crippen MR) is 51.7 cm³/mol. The fourth-order valence-electron chi connectivity index (χ4n) is 1.19. The van der Waals surface area contributed by atoms with Crippen LogP contribution in [0.25, 0.3) is 0 Å². The smallest absolute Gasteiger partial charge is 0.290 e. The predicted octanol–water partition coefficient (Wildman–Crippen LogP) is 0.532. The van der Waals surface area contributed by atoms with Gasteiger partial charge >= 0.3 is 0 Å². The van der Waals surface area contributed by atoms with Crippen molar-refractivity contribution in [2.24, 2.45) is 5.73 Å². The van der Waals surface area contributed by atoms with E-state index >= 15 is 0 Å². The van der Waals surface area contributed by atoms with Crippen molar-refractivity contribution in [3.8, 4) is 0 Å². The quantitative estimate of drug-likeness (QED) is 0.721. The van der Waals surface area contributed by atoms with Crippen LogP contribution in [-0.2, 0) is 0 Å². The summed E-state index contributed by atoms with van der Waals surface area (Å²) in [6.45, 7) is 2.48. The topological polar surface area (TPSA) is 81.1 Å². The number of rotatable bonds is 5. The Kier molecular flexibility index (Phi) is 4.12. The second-order valence-corrected chi connectivity index (χ2v) is 3.07. The van der Waals surface area contributed by atoms with Crippen LogP contribution in [0.2, 0.25) is 0 Å². The fourth-order valence-corrected chi connectivity index (χ4v) is 1.19. The lowest BCUT2D eigenvalue weighted by Gasteiger charge is -2.14. The van der Waals surface area contributed by atoms with E-state index in [9.17, 15) is 4.79 Å². The molecule has 0 aromatic carbocycles. The van der Waals surface area contributed by atoms with Crippen molar-refractivity contribution in [2.45, 2.75) is 25.8 Å². The summed E-state index contributed by atoms with van der Waals surface area (Å²) in [6.07, 6.45) is 3.29. The highest BCUT2D eigenvalue weighted by atomic mass is 16.5. The molecular weight excluding hydrogens is 182 g/mol. The standard InChI is InChI=1S/C9H15N3O2/c1-2-3-7(6-10)12-9(13)8-4-5-11-14-8/h4-5,7H,2-3,6,10H2,1H3,(H,12,13). The molecule has 5 nitrogen and oxygen atoms in total. The first-order valence-corrected chi connectivity index (χ1v) is 4.69. The van der Waals surface area contributed by atoms with Gasteiger partial charge in [0.05, 0.1) is 6.20 Å². The number of nitrogens with one attached hydrogen (secondary N) is 1. The van der Waals surface area contributed by atoms with Gasteiger partial charge in [-0.3, -0.25) is 4.79 Å².